The highest BCUT2D eigenvalue weighted by Gasteiger charge is 2.20. The average molecular weight is 352 g/mol. The van der Waals surface area contributed by atoms with E-state index in [-0.39, 0.29) is 5.54 Å². The molecule has 0 spiro atoms. The summed E-state index contributed by atoms with van der Waals surface area (Å²) in [6.07, 6.45) is 6.36. The van der Waals surface area contributed by atoms with Crippen molar-refractivity contribution in [3.05, 3.63) is 43.0 Å². The van der Waals surface area contributed by atoms with Crippen molar-refractivity contribution < 1.29 is 9.90 Å². The minimum atomic E-state index is -1.03. The second-order valence-corrected chi connectivity index (χ2v) is 6.52. The van der Waals surface area contributed by atoms with Crippen molar-refractivity contribution in [2.24, 2.45) is 0 Å². The van der Waals surface area contributed by atoms with Crippen LogP contribution in [0.25, 0.3) is 22.3 Å². The van der Waals surface area contributed by atoms with Crippen LogP contribution in [0.15, 0.2) is 43.0 Å². The number of hydrogen-bond donors (Lipinski definition) is 3. The van der Waals surface area contributed by atoms with Crippen LogP contribution in [0.4, 0.5) is 10.6 Å². The van der Waals surface area contributed by atoms with E-state index in [0.717, 1.165) is 16.5 Å². The Kier molecular flexibility index (Phi) is 4.92. The maximum atomic E-state index is 10.7. The first-order chi connectivity index (χ1) is 12.4. The molecule has 0 saturated carbocycles. The van der Waals surface area contributed by atoms with Gasteiger partial charge in [-0.05, 0) is 38.5 Å². The minimum absolute atomic E-state index is 0.344. The molecule has 134 valence electrons. The van der Waals surface area contributed by atoms with Crippen LogP contribution in [-0.2, 0) is 0 Å². The van der Waals surface area contributed by atoms with Crippen molar-refractivity contribution in [3.63, 3.8) is 0 Å². The molecule has 0 bridgehead atoms. The molecular weight excluding hydrogens is 332 g/mol. The van der Waals surface area contributed by atoms with Crippen molar-refractivity contribution in [2.45, 2.75) is 25.8 Å². The zero-order chi connectivity index (χ0) is 18.6. The fourth-order valence-electron chi connectivity index (χ4n) is 2.57. The molecule has 0 aliphatic carbocycles. The van der Waals surface area contributed by atoms with Gasteiger partial charge >= 0.3 is 6.09 Å². The maximum absolute atomic E-state index is 10.7. The average Bonchev–Trinajstić information content (AvgIpc) is 2.61. The van der Waals surface area contributed by atoms with Gasteiger partial charge in [0.05, 0.1) is 11.7 Å². The van der Waals surface area contributed by atoms with Gasteiger partial charge in [-0.25, -0.2) is 14.8 Å². The molecule has 0 saturated heterocycles. The lowest BCUT2D eigenvalue weighted by Gasteiger charge is -2.27. The fraction of sp³-hybridized carbons (Fsp3) is 0.278. The first-order valence-corrected chi connectivity index (χ1v) is 8.22. The summed E-state index contributed by atoms with van der Waals surface area (Å²) in [7, 11) is 0. The number of nitrogens with one attached hydrogen (secondary N) is 2. The summed E-state index contributed by atoms with van der Waals surface area (Å²) in [5, 5.41) is 15.4. The monoisotopic (exact) mass is 352 g/mol. The van der Waals surface area contributed by atoms with Crippen molar-refractivity contribution >= 4 is 22.8 Å². The third-order valence-electron chi connectivity index (χ3n) is 3.92. The third kappa shape index (κ3) is 4.21. The summed E-state index contributed by atoms with van der Waals surface area (Å²) in [5.74, 6) is 1.26. The summed E-state index contributed by atoms with van der Waals surface area (Å²) in [5.41, 5.74) is 1.22. The van der Waals surface area contributed by atoms with Gasteiger partial charge < -0.3 is 15.7 Å². The Morgan fingerprint density at radius 2 is 1.85 bits per heavy atom. The molecule has 3 aromatic rings. The number of amides is 1. The summed E-state index contributed by atoms with van der Waals surface area (Å²) in [4.78, 5) is 28.1. The van der Waals surface area contributed by atoms with E-state index in [2.05, 4.69) is 30.6 Å². The van der Waals surface area contributed by atoms with Crippen LogP contribution in [0.2, 0.25) is 0 Å². The van der Waals surface area contributed by atoms with E-state index in [4.69, 9.17) is 5.11 Å². The van der Waals surface area contributed by atoms with E-state index in [1.54, 1.807) is 24.8 Å². The van der Waals surface area contributed by atoms with Crippen molar-refractivity contribution in [2.75, 3.05) is 11.9 Å². The smallest absolute Gasteiger partial charge is 0.404 e. The van der Waals surface area contributed by atoms with Crippen LogP contribution < -0.4 is 10.6 Å². The summed E-state index contributed by atoms with van der Waals surface area (Å²) >= 11 is 0. The van der Waals surface area contributed by atoms with Gasteiger partial charge in [-0.1, -0.05) is 0 Å². The highest BCUT2D eigenvalue weighted by atomic mass is 16.4. The summed E-state index contributed by atoms with van der Waals surface area (Å²) in [6.45, 7) is 4.34. The first-order valence-electron chi connectivity index (χ1n) is 8.22. The lowest BCUT2D eigenvalue weighted by molar-refractivity contribution is 0.193. The predicted octanol–water partition coefficient (Wildman–Crippen LogP) is 2.94. The molecule has 8 nitrogen and oxygen atoms in total. The molecular formula is C18H20N6O2. The van der Waals surface area contributed by atoms with Gasteiger partial charge in [0, 0.05) is 41.6 Å². The highest BCUT2D eigenvalue weighted by molar-refractivity contribution is 5.90. The number of hydrogen-bond acceptors (Lipinski definition) is 6. The van der Waals surface area contributed by atoms with Gasteiger partial charge in [-0.2, -0.15) is 0 Å². The van der Waals surface area contributed by atoms with Crippen molar-refractivity contribution in [1.29, 1.82) is 0 Å². The van der Waals surface area contributed by atoms with Gasteiger partial charge in [0.2, 0.25) is 0 Å². The van der Waals surface area contributed by atoms with Gasteiger partial charge in [-0.15, -0.1) is 0 Å². The van der Waals surface area contributed by atoms with E-state index in [0.29, 0.717) is 24.6 Å². The standard InChI is InChI=1S/C18H20N6O2/c1-18(2,6-10-21-17(25)26)24-16-13-5-9-20-11-14(13)22-15(23-16)12-3-7-19-8-4-12/h3-5,7-9,11,21H,6,10H2,1-2H3,(H,25,26)(H,22,23,24). The Morgan fingerprint density at radius 3 is 2.58 bits per heavy atom. The number of aromatic nitrogens is 4. The molecule has 3 heterocycles. The van der Waals surface area contributed by atoms with E-state index >= 15 is 0 Å². The van der Waals surface area contributed by atoms with Crippen LogP contribution in [0, 0.1) is 0 Å². The van der Waals surface area contributed by atoms with Crippen LogP contribution in [0.1, 0.15) is 20.3 Å². The molecule has 0 aliphatic rings. The Hall–Kier alpha value is -3.29. The Morgan fingerprint density at radius 1 is 1.12 bits per heavy atom. The zero-order valence-electron chi connectivity index (χ0n) is 14.6. The van der Waals surface area contributed by atoms with Crippen molar-refractivity contribution in [1.82, 2.24) is 25.3 Å². The summed E-state index contributed by atoms with van der Waals surface area (Å²) < 4.78 is 0. The third-order valence-corrected chi connectivity index (χ3v) is 3.92. The molecule has 8 heteroatoms. The topological polar surface area (TPSA) is 113 Å². The molecule has 3 rings (SSSR count). The highest BCUT2D eigenvalue weighted by Crippen LogP contribution is 2.27. The first kappa shape index (κ1) is 17.5. The molecule has 0 aromatic carbocycles. The Balaban J connectivity index is 1.95. The molecule has 26 heavy (non-hydrogen) atoms. The Labute approximate surface area is 150 Å². The van der Waals surface area contributed by atoms with Crippen LogP contribution in [0.5, 0.6) is 0 Å². The van der Waals surface area contributed by atoms with Gasteiger partial charge in [0.15, 0.2) is 5.82 Å². The fourth-order valence-corrected chi connectivity index (χ4v) is 2.57. The van der Waals surface area contributed by atoms with Crippen molar-refractivity contribution in [3.8, 4) is 11.4 Å². The van der Waals surface area contributed by atoms with E-state index in [1.807, 2.05) is 32.0 Å². The van der Waals surface area contributed by atoms with Crippen LogP contribution in [-0.4, -0.2) is 43.2 Å². The molecule has 0 radical (unpaired) electrons. The molecule has 1 amide bonds. The minimum Gasteiger partial charge on any atom is -0.465 e. The number of carboxylic acid groups (broad SMARTS) is 1. The van der Waals surface area contributed by atoms with Gasteiger partial charge in [0.1, 0.15) is 5.82 Å². The number of pyridine rings is 2. The molecule has 0 unspecified atom stereocenters. The molecule has 0 aliphatic heterocycles. The second-order valence-electron chi connectivity index (χ2n) is 6.52. The quantitative estimate of drug-likeness (QED) is 0.625. The molecule has 3 aromatic heterocycles. The number of anilines is 1. The Bertz CT molecular complexity index is 914. The lowest BCUT2D eigenvalue weighted by Crippen LogP contribution is -2.36. The van der Waals surface area contributed by atoms with Crippen LogP contribution in [0.3, 0.4) is 0 Å². The van der Waals surface area contributed by atoms with E-state index < -0.39 is 6.09 Å². The van der Waals surface area contributed by atoms with E-state index in [1.165, 1.54) is 0 Å². The largest absolute Gasteiger partial charge is 0.465 e. The molecule has 3 N–H and O–H groups in total. The zero-order valence-corrected chi connectivity index (χ0v) is 14.6. The molecule has 0 atom stereocenters. The van der Waals surface area contributed by atoms with Crippen LogP contribution >= 0.6 is 0 Å². The number of fused-ring (bicyclic) bond motifs is 1. The summed E-state index contributed by atoms with van der Waals surface area (Å²) in [6, 6.07) is 5.56. The van der Waals surface area contributed by atoms with Gasteiger partial charge in [0.25, 0.3) is 0 Å². The number of rotatable bonds is 6. The van der Waals surface area contributed by atoms with E-state index in [9.17, 15) is 4.79 Å². The SMILES string of the molecule is CC(C)(CCNC(=O)O)Nc1nc(-c2ccncc2)nc2cnccc12. The normalized spacial score (nSPS) is 11.3. The lowest BCUT2D eigenvalue weighted by atomic mass is 10.0. The molecule has 0 fully saturated rings. The maximum Gasteiger partial charge on any atom is 0.404 e. The number of nitrogens with zero attached hydrogens (tertiary/aromatic N) is 4. The number of carbonyl (C=O) groups is 1. The predicted molar refractivity (Wildman–Crippen MR) is 98.9 cm³/mol. The van der Waals surface area contributed by atoms with Gasteiger partial charge in [-0.3, -0.25) is 9.97 Å². The second kappa shape index (κ2) is 7.30.